The highest BCUT2D eigenvalue weighted by molar-refractivity contribution is 5.79. The van der Waals surface area contributed by atoms with Gasteiger partial charge in [0.25, 0.3) is 0 Å². The van der Waals surface area contributed by atoms with E-state index in [9.17, 15) is 14.7 Å². The topological polar surface area (TPSA) is 69.6 Å². The molecule has 142 valence electrons. The number of nitrogens with one attached hydrogen (secondary N) is 1. The van der Waals surface area contributed by atoms with E-state index in [0.29, 0.717) is 25.6 Å². The maximum absolute atomic E-state index is 12.2. The summed E-state index contributed by atoms with van der Waals surface area (Å²) >= 11 is 0. The first-order valence-electron chi connectivity index (χ1n) is 9.72. The van der Waals surface area contributed by atoms with Gasteiger partial charge in [-0.15, -0.1) is 0 Å². The first-order chi connectivity index (χ1) is 12.4. The van der Waals surface area contributed by atoms with Crippen molar-refractivity contribution in [1.82, 2.24) is 10.2 Å². The van der Waals surface area contributed by atoms with E-state index in [-0.39, 0.29) is 11.8 Å². The largest absolute Gasteiger partial charge is 0.481 e. The highest BCUT2D eigenvalue weighted by Crippen LogP contribution is 2.48. The van der Waals surface area contributed by atoms with Crippen LogP contribution in [0, 0.1) is 11.3 Å². The van der Waals surface area contributed by atoms with Gasteiger partial charge in [0.15, 0.2) is 0 Å². The molecule has 1 aromatic rings. The van der Waals surface area contributed by atoms with Gasteiger partial charge in [0.1, 0.15) is 0 Å². The molecule has 2 fully saturated rings. The minimum Gasteiger partial charge on any atom is -0.481 e. The van der Waals surface area contributed by atoms with Crippen LogP contribution in [0.1, 0.15) is 50.2 Å². The third kappa shape index (κ3) is 3.93. The molecule has 0 aromatic heterocycles. The number of carboxylic acids is 1. The van der Waals surface area contributed by atoms with E-state index in [1.165, 1.54) is 11.1 Å². The summed E-state index contributed by atoms with van der Waals surface area (Å²) in [5.41, 5.74) is 1.93. The van der Waals surface area contributed by atoms with Gasteiger partial charge in [-0.05, 0) is 42.2 Å². The second-order valence-corrected chi connectivity index (χ2v) is 8.22. The number of amides is 1. The molecule has 2 N–H and O–H groups in total. The number of benzene rings is 1. The lowest BCUT2D eigenvalue weighted by Crippen LogP contribution is -2.39. The van der Waals surface area contributed by atoms with E-state index < -0.39 is 11.4 Å². The van der Waals surface area contributed by atoms with Crippen LogP contribution in [0.3, 0.4) is 0 Å². The molecule has 1 aromatic carbocycles. The summed E-state index contributed by atoms with van der Waals surface area (Å²) in [5.74, 6) is 0.0298. The number of hydrogen-bond acceptors (Lipinski definition) is 3. The van der Waals surface area contributed by atoms with Crippen molar-refractivity contribution in [2.45, 2.75) is 45.4 Å². The highest BCUT2D eigenvalue weighted by atomic mass is 16.4. The zero-order chi connectivity index (χ0) is 18.7. The summed E-state index contributed by atoms with van der Waals surface area (Å²) in [4.78, 5) is 25.9. The fourth-order valence-electron chi connectivity index (χ4n) is 4.54. The second kappa shape index (κ2) is 7.78. The van der Waals surface area contributed by atoms with Gasteiger partial charge in [-0.2, -0.15) is 0 Å². The molecule has 2 atom stereocenters. The average Bonchev–Trinajstić information content (AvgIpc) is 3.13. The Hall–Kier alpha value is -1.88. The monoisotopic (exact) mass is 358 g/mol. The summed E-state index contributed by atoms with van der Waals surface area (Å²) < 4.78 is 0. The average molecular weight is 358 g/mol. The number of hydrogen-bond donors (Lipinski definition) is 2. The SMILES string of the molecule is CC(C)c1ccc(CCNC(=O)CN2C[C@@H]3CCC[C@@]3(C(=O)O)C2)cc1. The van der Waals surface area contributed by atoms with Crippen LogP contribution in [0.25, 0.3) is 0 Å². The molecule has 1 amide bonds. The number of nitrogens with zero attached hydrogens (tertiary/aromatic N) is 1. The van der Waals surface area contributed by atoms with Crippen LogP contribution in [-0.2, 0) is 16.0 Å². The molecule has 1 heterocycles. The van der Waals surface area contributed by atoms with Gasteiger partial charge < -0.3 is 10.4 Å². The first-order valence-corrected chi connectivity index (χ1v) is 9.72. The van der Waals surface area contributed by atoms with E-state index in [0.717, 1.165) is 32.2 Å². The molecule has 3 rings (SSSR count). The number of likely N-dealkylation sites (tertiary alicyclic amines) is 1. The number of rotatable bonds is 7. The molecule has 1 aliphatic carbocycles. The predicted octanol–water partition coefficient (Wildman–Crippen LogP) is 2.66. The summed E-state index contributed by atoms with van der Waals surface area (Å²) in [6.07, 6.45) is 3.52. The Morgan fingerprint density at radius 3 is 2.65 bits per heavy atom. The maximum atomic E-state index is 12.2. The summed E-state index contributed by atoms with van der Waals surface area (Å²) in [5, 5.41) is 12.6. The fourth-order valence-corrected chi connectivity index (χ4v) is 4.54. The van der Waals surface area contributed by atoms with Crippen molar-refractivity contribution in [3.63, 3.8) is 0 Å². The van der Waals surface area contributed by atoms with Crippen molar-refractivity contribution in [1.29, 1.82) is 0 Å². The lowest BCUT2D eigenvalue weighted by atomic mass is 9.81. The van der Waals surface area contributed by atoms with Gasteiger partial charge in [0, 0.05) is 19.6 Å². The molecule has 0 unspecified atom stereocenters. The molecular weight excluding hydrogens is 328 g/mol. The Kier molecular flexibility index (Phi) is 5.66. The quantitative estimate of drug-likeness (QED) is 0.786. The molecule has 1 saturated heterocycles. The summed E-state index contributed by atoms with van der Waals surface area (Å²) in [6, 6.07) is 8.55. The summed E-state index contributed by atoms with van der Waals surface area (Å²) in [6.45, 7) is 6.51. The molecular formula is C21H30N2O3. The van der Waals surface area contributed by atoms with Gasteiger partial charge in [-0.1, -0.05) is 44.5 Å². The third-order valence-corrected chi connectivity index (χ3v) is 6.12. The normalized spacial score (nSPS) is 25.4. The standard InChI is InChI=1S/C21H30N2O3/c1-15(2)17-7-5-16(6-8-17)9-11-22-19(24)13-23-12-18-4-3-10-21(18,14-23)20(25)26/h5-8,15,18H,3-4,9-14H2,1-2H3,(H,22,24)(H,25,26)/t18-,21+/m0/s1. The van der Waals surface area contributed by atoms with Crippen LogP contribution in [0.4, 0.5) is 0 Å². The van der Waals surface area contributed by atoms with Gasteiger partial charge in [0.05, 0.1) is 12.0 Å². The highest BCUT2D eigenvalue weighted by Gasteiger charge is 2.54. The smallest absolute Gasteiger partial charge is 0.311 e. The molecule has 1 saturated carbocycles. The maximum Gasteiger partial charge on any atom is 0.311 e. The number of carbonyl (C=O) groups is 2. The van der Waals surface area contributed by atoms with Gasteiger partial charge >= 0.3 is 5.97 Å². The molecule has 0 bridgehead atoms. The Labute approximate surface area is 155 Å². The third-order valence-electron chi connectivity index (χ3n) is 6.12. The van der Waals surface area contributed by atoms with Crippen molar-refractivity contribution in [2.75, 3.05) is 26.2 Å². The molecule has 2 aliphatic rings. The van der Waals surface area contributed by atoms with Crippen LogP contribution in [0.2, 0.25) is 0 Å². The molecule has 5 nitrogen and oxygen atoms in total. The first kappa shape index (κ1) is 18.9. The van der Waals surface area contributed by atoms with Gasteiger partial charge in [-0.3, -0.25) is 14.5 Å². The van der Waals surface area contributed by atoms with Crippen molar-refractivity contribution in [2.24, 2.45) is 11.3 Å². The van der Waals surface area contributed by atoms with E-state index in [4.69, 9.17) is 0 Å². The van der Waals surface area contributed by atoms with Crippen LogP contribution in [0.5, 0.6) is 0 Å². The van der Waals surface area contributed by atoms with Crippen molar-refractivity contribution < 1.29 is 14.7 Å². The Bertz CT molecular complexity index is 656. The van der Waals surface area contributed by atoms with Crippen molar-refractivity contribution >= 4 is 11.9 Å². The molecule has 0 spiro atoms. The van der Waals surface area contributed by atoms with Crippen LogP contribution in [-0.4, -0.2) is 48.1 Å². The lowest BCUT2D eigenvalue weighted by Gasteiger charge is -2.23. The number of aliphatic carboxylic acids is 1. The van der Waals surface area contributed by atoms with Gasteiger partial charge in [-0.25, -0.2) is 0 Å². The molecule has 0 radical (unpaired) electrons. The Balaban J connectivity index is 1.43. The number of fused-ring (bicyclic) bond motifs is 1. The summed E-state index contributed by atoms with van der Waals surface area (Å²) in [7, 11) is 0. The molecule has 5 heteroatoms. The fraction of sp³-hybridized carbons (Fsp3) is 0.619. The zero-order valence-electron chi connectivity index (χ0n) is 15.8. The second-order valence-electron chi connectivity index (χ2n) is 8.22. The number of carboxylic acid groups (broad SMARTS) is 1. The van der Waals surface area contributed by atoms with Crippen LogP contribution < -0.4 is 5.32 Å². The van der Waals surface area contributed by atoms with Crippen LogP contribution in [0.15, 0.2) is 24.3 Å². The minimum atomic E-state index is -0.687. The Morgan fingerprint density at radius 1 is 1.31 bits per heavy atom. The lowest BCUT2D eigenvalue weighted by molar-refractivity contribution is -0.149. The Morgan fingerprint density at radius 2 is 2.04 bits per heavy atom. The van der Waals surface area contributed by atoms with Gasteiger partial charge in [0.2, 0.25) is 5.91 Å². The van der Waals surface area contributed by atoms with Crippen molar-refractivity contribution in [3.05, 3.63) is 35.4 Å². The molecule has 26 heavy (non-hydrogen) atoms. The number of carbonyl (C=O) groups excluding carboxylic acids is 1. The minimum absolute atomic E-state index is 0.00990. The van der Waals surface area contributed by atoms with E-state index in [1.807, 2.05) is 4.90 Å². The van der Waals surface area contributed by atoms with E-state index in [1.54, 1.807) is 0 Å². The van der Waals surface area contributed by atoms with E-state index in [2.05, 4.69) is 43.4 Å². The van der Waals surface area contributed by atoms with Crippen LogP contribution >= 0.6 is 0 Å². The van der Waals surface area contributed by atoms with E-state index >= 15 is 0 Å². The predicted molar refractivity (Wildman–Crippen MR) is 101 cm³/mol. The zero-order valence-corrected chi connectivity index (χ0v) is 15.8. The van der Waals surface area contributed by atoms with Crippen molar-refractivity contribution in [3.8, 4) is 0 Å². The molecule has 1 aliphatic heterocycles.